The van der Waals surface area contributed by atoms with Gasteiger partial charge in [-0.2, -0.15) is 0 Å². The van der Waals surface area contributed by atoms with Crippen molar-refractivity contribution in [1.82, 2.24) is 4.98 Å². The minimum Gasteiger partial charge on any atom is -0.482 e. The number of carbonyl (C=O) groups is 3. The number of rotatable bonds is 5. The number of pyridine rings is 1. The minimum absolute atomic E-state index is 0.0185. The highest BCUT2D eigenvalue weighted by atomic mass is 16.6. The molecule has 2 aromatic heterocycles. The smallest absolute Gasteiger partial charge is 0.345 e. The molecule has 5 rings (SSSR count). The summed E-state index contributed by atoms with van der Waals surface area (Å²) < 4.78 is 31.3. The molecule has 0 aromatic carbocycles. The molecule has 1 N–H and O–H groups in total. The lowest BCUT2D eigenvalue weighted by Gasteiger charge is -2.66. The number of hydrogen-bond acceptors (Lipinski definition) is 11. The Morgan fingerprint density at radius 3 is 2.06 bits per heavy atom. The van der Waals surface area contributed by atoms with Gasteiger partial charge in [-0.1, -0.05) is 13.8 Å². The van der Waals surface area contributed by atoms with Gasteiger partial charge in [-0.25, -0.2) is 4.79 Å². The fourth-order valence-electron chi connectivity index (χ4n) is 8.43. The predicted molar refractivity (Wildman–Crippen MR) is 188 cm³/mol. The van der Waals surface area contributed by atoms with Gasteiger partial charge >= 0.3 is 23.5 Å². The summed E-state index contributed by atoms with van der Waals surface area (Å²) in [7, 11) is 0. The molecule has 8 atom stereocenters. The monoisotopic (exact) mass is 709 g/mol. The van der Waals surface area contributed by atoms with Gasteiger partial charge in [0.2, 0.25) is 0 Å². The van der Waals surface area contributed by atoms with Crippen molar-refractivity contribution in [2.45, 2.75) is 126 Å². The molecular formula is C40H55NO10. The van der Waals surface area contributed by atoms with E-state index in [1.54, 1.807) is 92.9 Å². The van der Waals surface area contributed by atoms with Crippen molar-refractivity contribution in [3.63, 3.8) is 0 Å². The van der Waals surface area contributed by atoms with Crippen LogP contribution in [-0.2, 0) is 28.6 Å². The van der Waals surface area contributed by atoms with Crippen LogP contribution in [-0.4, -0.2) is 52.4 Å². The zero-order chi connectivity index (χ0) is 38.1. The highest BCUT2D eigenvalue weighted by molar-refractivity contribution is 5.76. The molecule has 280 valence electrons. The van der Waals surface area contributed by atoms with E-state index in [4.69, 9.17) is 23.4 Å². The van der Waals surface area contributed by atoms with Gasteiger partial charge in [-0.15, -0.1) is 0 Å². The molecule has 1 unspecified atom stereocenters. The van der Waals surface area contributed by atoms with Crippen molar-refractivity contribution in [2.24, 2.45) is 38.9 Å². The molecule has 0 saturated heterocycles. The van der Waals surface area contributed by atoms with Crippen LogP contribution in [0.15, 0.2) is 39.8 Å². The average Bonchev–Trinajstić information content (AvgIpc) is 3.00. The zero-order valence-corrected chi connectivity index (χ0v) is 32.2. The van der Waals surface area contributed by atoms with Crippen molar-refractivity contribution in [3.05, 3.63) is 46.6 Å². The molecule has 0 radical (unpaired) electrons. The fraction of sp³-hybridized carbons (Fsp3) is 0.675. The second-order valence-electron chi connectivity index (χ2n) is 18.6. The number of carbonyl (C=O) groups excluding carboxylic acids is 3. The first-order valence-electron chi connectivity index (χ1n) is 17.9. The van der Waals surface area contributed by atoms with Gasteiger partial charge in [-0.3, -0.25) is 19.4 Å². The van der Waals surface area contributed by atoms with Crippen LogP contribution in [0.2, 0.25) is 0 Å². The number of ether oxygens (including phenoxy) is 4. The van der Waals surface area contributed by atoms with E-state index in [2.05, 4.69) is 4.98 Å². The molecule has 0 bridgehead atoms. The van der Waals surface area contributed by atoms with Crippen molar-refractivity contribution >= 4 is 17.9 Å². The van der Waals surface area contributed by atoms with Gasteiger partial charge in [0.25, 0.3) is 0 Å². The normalized spacial score (nSPS) is 32.0. The quantitative estimate of drug-likeness (QED) is 0.257. The maximum atomic E-state index is 13.7. The third kappa shape index (κ3) is 6.82. The summed E-state index contributed by atoms with van der Waals surface area (Å²) in [5.41, 5.74) is -5.75. The van der Waals surface area contributed by atoms with Crippen molar-refractivity contribution in [3.8, 4) is 17.1 Å². The molecular weight excluding hydrogens is 654 g/mol. The van der Waals surface area contributed by atoms with E-state index in [1.165, 1.54) is 0 Å². The first-order valence-corrected chi connectivity index (χ1v) is 17.9. The Hall–Kier alpha value is -3.73. The molecule has 3 aliphatic rings. The number of hydrogen-bond donors (Lipinski definition) is 1. The molecule has 2 saturated carbocycles. The summed E-state index contributed by atoms with van der Waals surface area (Å²) in [6.07, 6.45) is 1.32. The van der Waals surface area contributed by atoms with E-state index in [-0.39, 0.29) is 30.1 Å². The fourth-order valence-corrected chi connectivity index (χ4v) is 8.43. The van der Waals surface area contributed by atoms with Crippen LogP contribution >= 0.6 is 0 Å². The highest BCUT2D eigenvalue weighted by Gasteiger charge is 2.71. The Kier molecular flexibility index (Phi) is 9.62. The molecule has 1 aliphatic heterocycles. The highest BCUT2D eigenvalue weighted by Crippen LogP contribution is 2.67. The summed E-state index contributed by atoms with van der Waals surface area (Å²) in [6, 6.07) is 5.05. The Bertz CT molecular complexity index is 1730. The minimum atomic E-state index is -1.38. The number of aromatic nitrogens is 1. The molecule has 51 heavy (non-hydrogen) atoms. The third-order valence-electron chi connectivity index (χ3n) is 11.4. The molecule has 11 nitrogen and oxygen atoms in total. The first-order chi connectivity index (χ1) is 23.3. The summed E-state index contributed by atoms with van der Waals surface area (Å²) in [5, 5.41) is 12.4. The van der Waals surface area contributed by atoms with Crippen LogP contribution in [0, 0.1) is 38.9 Å². The number of aliphatic hydroxyl groups is 1. The van der Waals surface area contributed by atoms with Crippen molar-refractivity contribution < 1.29 is 42.9 Å². The van der Waals surface area contributed by atoms with E-state index in [0.29, 0.717) is 18.4 Å². The lowest BCUT2D eigenvalue weighted by Crippen LogP contribution is -2.71. The summed E-state index contributed by atoms with van der Waals surface area (Å²) >= 11 is 0. The maximum Gasteiger partial charge on any atom is 0.345 e. The zero-order valence-electron chi connectivity index (χ0n) is 32.2. The predicted octanol–water partition coefficient (Wildman–Crippen LogP) is 6.83. The van der Waals surface area contributed by atoms with Crippen LogP contribution < -0.4 is 10.4 Å². The van der Waals surface area contributed by atoms with Gasteiger partial charge in [0.05, 0.1) is 22.3 Å². The lowest BCUT2D eigenvalue weighted by atomic mass is 9.42. The number of nitrogens with zero attached hydrogens (tertiary/aromatic N) is 1. The Morgan fingerprint density at radius 1 is 0.922 bits per heavy atom. The number of aliphatic hydroxyl groups excluding tert-OH is 1. The van der Waals surface area contributed by atoms with Gasteiger partial charge in [0.15, 0.2) is 0 Å². The second kappa shape index (κ2) is 12.7. The molecule has 2 aromatic rings. The lowest BCUT2D eigenvalue weighted by molar-refractivity contribution is -0.273. The Labute approximate surface area is 300 Å². The van der Waals surface area contributed by atoms with Gasteiger partial charge < -0.3 is 28.5 Å². The van der Waals surface area contributed by atoms with Crippen LogP contribution in [0.5, 0.6) is 5.75 Å². The molecule has 3 heterocycles. The number of fused-ring (bicyclic) bond motifs is 4. The van der Waals surface area contributed by atoms with E-state index in [1.807, 2.05) is 20.8 Å². The molecule has 0 amide bonds. The summed E-state index contributed by atoms with van der Waals surface area (Å²) in [6.45, 7) is 21.7. The van der Waals surface area contributed by atoms with E-state index < -0.39 is 86.4 Å². The average molecular weight is 710 g/mol. The molecule has 2 fully saturated rings. The first kappa shape index (κ1) is 38.5. The van der Waals surface area contributed by atoms with E-state index in [0.717, 1.165) is 0 Å². The Morgan fingerprint density at radius 2 is 1.51 bits per heavy atom. The van der Waals surface area contributed by atoms with Crippen LogP contribution in [0.4, 0.5) is 0 Å². The SMILES string of the molecule is CC(C)(C)C(=O)OCC1(C)[C@@H](OC(=O)C(C)(C)C)CC[C@]2(C)[C@H]3[C@@H](O)c4c(cc(-c5cccnc5)oc4=O)O[C@]3(C)[C@@H](OC(=O)C(C)(C)C)C[C@@H]12. The summed E-state index contributed by atoms with van der Waals surface area (Å²) in [5.74, 6) is -2.14. The molecule has 11 heteroatoms. The van der Waals surface area contributed by atoms with Crippen LogP contribution in [0.3, 0.4) is 0 Å². The van der Waals surface area contributed by atoms with Gasteiger partial charge in [0.1, 0.15) is 41.5 Å². The van der Waals surface area contributed by atoms with Crippen molar-refractivity contribution in [2.75, 3.05) is 6.61 Å². The second-order valence-corrected chi connectivity index (χ2v) is 18.6. The summed E-state index contributed by atoms with van der Waals surface area (Å²) in [4.78, 5) is 58.2. The van der Waals surface area contributed by atoms with Gasteiger partial charge in [-0.05, 0) is 112 Å². The van der Waals surface area contributed by atoms with Crippen LogP contribution in [0.25, 0.3) is 11.3 Å². The van der Waals surface area contributed by atoms with Gasteiger partial charge in [0, 0.05) is 35.4 Å². The van der Waals surface area contributed by atoms with E-state index in [9.17, 15) is 24.3 Å². The van der Waals surface area contributed by atoms with E-state index >= 15 is 0 Å². The van der Waals surface area contributed by atoms with Crippen LogP contribution in [0.1, 0.15) is 114 Å². The van der Waals surface area contributed by atoms with Crippen molar-refractivity contribution in [1.29, 1.82) is 0 Å². The third-order valence-corrected chi connectivity index (χ3v) is 11.4. The topological polar surface area (TPSA) is 151 Å². The Balaban J connectivity index is 1.68. The molecule has 2 aliphatic carbocycles. The number of esters is 3. The largest absolute Gasteiger partial charge is 0.482 e. The maximum absolute atomic E-state index is 13.7. The molecule has 0 spiro atoms. The standard InChI is InChI=1S/C40H55NO10/c1-35(2,3)32(44)47-21-39(11)25-19-27(50-34(46)37(7,8)9)40(12)30(38(25,10)16-15-26(39)49-33(45)36(4,5)6)29(42)28-24(51-40)18-23(48-31(28)43)22-14-13-17-41-20-22/h13-14,17-18,20,25-27,29-30,42H,15-16,19,21H2,1-12H3/t25-,26+,27+,29+,30-,38+,39?,40-/m1/s1.